The number of carbonyl (C=O) groups excluding carboxylic acids is 1. The van der Waals surface area contributed by atoms with Crippen LogP contribution in [0.25, 0.3) is 0 Å². The highest BCUT2D eigenvalue weighted by Crippen LogP contribution is 2.07. The summed E-state index contributed by atoms with van der Waals surface area (Å²) < 4.78 is 0. The first-order chi connectivity index (χ1) is 4.74. The predicted octanol–water partition coefficient (Wildman–Crippen LogP) is 1.91. The molecule has 0 radical (unpaired) electrons. The van der Waals surface area contributed by atoms with Gasteiger partial charge in [0.15, 0.2) is 0 Å². The van der Waals surface area contributed by atoms with Crippen molar-refractivity contribution in [3.8, 4) is 6.07 Å². The van der Waals surface area contributed by atoms with Crippen molar-refractivity contribution in [3.63, 3.8) is 0 Å². The molecule has 0 aliphatic carbocycles. The lowest BCUT2D eigenvalue weighted by Gasteiger charge is -2.01. The fourth-order valence-electron chi connectivity index (χ4n) is 0.700. The van der Waals surface area contributed by atoms with E-state index in [4.69, 9.17) is 5.26 Å². The predicted molar refractivity (Wildman–Crippen MR) is 39.3 cm³/mol. The Balaban J connectivity index is 3.66. The van der Waals surface area contributed by atoms with E-state index in [1.807, 2.05) is 13.8 Å². The van der Waals surface area contributed by atoms with Gasteiger partial charge in [0.25, 0.3) is 0 Å². The highest BCUT2D eigenvalue weighted by Gasteiger charge is 2.08. The third kappa shape index (κ3) is 3.24. The molecule has 0 fully saturated rings. The van der Waals surface area contributed by atoms with Crippen LogP contribution in [-0.2, 0) is 4.79 Å². The molecule has 0 aromatic carbocycles. The molecule has 0 N–H and O–H groups in total. The van der Waals surface area contributed by atoms with Crippen molar-refractivity contribution >= 4 is 5.78 Å². The van der Waals surface area contributed by atoms with Gasteiger partial charge in [0, 0.05) is 12.8 Å². The van der Waals surface area contributed by atoms with Gasteiger partial charge in [-0.3, -0.25) is 4.79 Å². The lowest BCUT2D eigenvalue weighted by Crippen LogP contribution is -2.04. The molecule has 0 bridgehead atoms. The minimum Gasteiger partial charge on any atom is -0.300 e. The molecule has 0 amide bonds. The van der Waals surface area contributed by atoms with E-state index in [-0.39, 0.29) is 11.7 Å². The Hall–Kier alpha value is -0.840. The fourth-order valence-corrected chi connectivity index (χ4v) is 0.700. The zero-order valence-corrected chi connectivity index (χ0v) is 6.55. The molecule has 2 nitrogen and oxygen atoms in total. The molecule has 0 heterocycles. The molecule has 0 aromatic heterocycles. The Morgan fingerprint density at radius 1 is 1.60 bits per heavy atom. The van der Waals surface area contributed by atoms with E-state index in [9.17, 15) is 4.79 Å². The summed E-state index contributed by atoms with van der Waals surface area (Å²) in [6.45, 7) is 3.75. The van der Waals surface area contributed by atoms with Gasteiger partial charge in [0.2, 0.25) is 0 Å². The largest absolute Gasteiger partial charge is 0.300 e. The number of carbonyl (C=O) groups is 1. The molecule has 2 heteroatoms. The van der Waals surface area contributed by atoms with Crippen LogP contribution < -0.4 is 0 Å². The first-order valence-corrected chi connectivity index (χ1v) is 3.65. The smallest absolute Gasteiger partial charge is 0.133 e. The van der Waals surface area contributed by atoms with Crippen LogP contribution in [-0.4, -0.2) is 5.78 Å². The van der Waals surface area contributed by atoms with Gasteiger partial charge >= 0.3 is 0 Å². The second-order valence-corrected chi connectivity index (χ2v) is 2.33. The third-order valence-electron chi connectivity index (χ3n) is 1.54. The third-order valence-corrected chi connectivity index (χ3v) is 1.54. The van der Waals surface area contributed by atoms with Gasteiger partial charge in [-0.25, -0.2) is 0 Å². The maximum Gasteiger partial charge on any atom is 0.133 e. The lowest BCUT2D eigenvalue weighted by atomic mass is 10.0. The summed E-state index contributed by atoms with van der Waals surface area (Å²) in [7, 11) is 0. The average Bonchev–Trinajstić information content (AvgIpc) is 1.99. The topological polar surface area (TPSA) is 40.9 Å². The minimum absolute atomic E-state index is 0.0625. The molecule has 0 aliphatic heterocycles. The molecular formula is C8H13NO. The molecule has 0 saturated heterocycles. The molecule has 1 atom stereocenters. The average molecular weight is 139 g/mol. The van der Waals surface area contributed by atoms with Crippen molar-refractivity contribution < 1.29 is 4.79 Å². The molecular weight excluding hydrogens is 126 g/mol. The summed E-state index contributed by atoms with van der Waals surface area (Å²) in [5.74, 6) is 0.126. The number of nitriles is 1. The molecule has 56 valence electrons. The Morgan fingerprint density at radius 2 is 2.20 bits per heavy atom. The Kier molecular flexibility index (Phi) is 4.57. The molecule has 10 heavy (non-hydrogen) atoms. The van der Waals surface area contributed by atoms with Gasteiger partial charge in [0.1, 0.15) is 5.78 Å². The number of rotatable bonds is 4. The number of Topliss-reactive ketones (excluding diaryl/α,β-unsaturated/α-hetero) is 1. The van der Waals surface area contributed by atoms with Gasteiger partial charge in [-0.1, -0.05) is 13.8 Å². The van der Waals surface area contributed by atoms with Gasteiger partial charge in [0.05, 0.1) is 12.0 Å². The highest BCUT2D eigenvalue weighted by atomic mass is 16.1. The normalized spacial score (nSPS) is 12.1. The summed E-state index contributed by atoms with van der Waals surface area (Å²) in [6, 6.07) is 2.10. The monoisotopic (exact) mass is 139 g/mol. The number of hydrogen-bond donors (Lipinski definition) is 0. The van der Waals surface area contributed by atoms with Crippen LogP contribution in [0.3, 0.4) is 0 Å². The van der Waals surface area contributed by atoms with Crippen LogP contribution in [0.15, 0.2) is 0 Å². The maximum atomic E-state index is 10.8. The minimum atomic E-state index is -0.0625. The van der Waals surface area contributed by atoms with Crippen LogP contribution >= 0.6 is 0 Å². The Bertz CT molecular complexity index is 146. The second kappa shape index (κ2) is 4.99. The summed E-state index contributed by atoms with van der Waals surface area (Å²) in [4.78, 5) is 10.8. The van der Waals surface area contributed by atoms with Crippen LogP contribution in [0.5, 0.6) is 0 Å². The second-order valence-electron chi connectivity index (χ2n) is 2.33. The first-order valence-electron chi connectivity index (χ1n) is 3.65. The van der Waals surface area contributed by atoms with Crippen LogP contribution in [0.2, 0.25) is 0 Å². The number of nitrogens with zero attached hydrogens (tertiary/aromatic N) is 1. The Labute approximate surface area is 61.8 Å². The van der Waals surface area contributed by atoms with E-state index in [0.717, 1.165) is 6.42 Å². The van der Waals surface area contributed by atoms with Crippen LogP contribution in [0.1, 0.15) is 33.1 Å². The Morgan fingerprint density at radius 3 is 2.50 bits per heavy atom. The molecule has 0 rings (SSSR count). The highest BCUT2D eigenvalue weighted by molar-refractivity contribution is 5.78. The number of ketones is 1. The van der Waals surface area contributed by atoms with Crippen molar-refractivity contribution in [2.45, 2.75) is 33.1 Å². The standard InChI is InChI=1S/C8H13NO/c1-3-7(6-9)5-8(10)4-2/h7H,3-5H2,1-2H3. The summed E-state index contributed by atoms with van der Waals surface area (Å²) in [5.41, 5.74) is 0. The van der Waals surface area contributed by atoms with E-state index in [2.05, 4.69) is 6.07 Å². The van der Waals surface area contributed by atoms with Crippen LogP contribution in [0, 0.1) is 17.2 Å². The van der Waals surface area contributed by atoms with Crippen molar-refractivity contribution in [1.29, 1.82) is 5.26 Å². The number of hydrogen-bond acceptors (Lipinski definition) is 2. The maximum absolute atomic E-state index is 10.8. The molecule has 0 saturated carbocycles. The van der Waals surface area contributed by atoms with Gasteiger partial charge in [-0.15, -0.1) is 0 Å². The van der Waals surface area contributed by atoms with Crippen molar-refractivity contribution in [2.24, 2.45) is 5.92 Å². The molecule has 0 aliphatic rings. The van der Waals surface area contributed by atoms with Gasteiger partial charge < -0.3 is 0 Å². The summed E-state index contributed by atoms with van der Waals surface area (Å²) in [6.07, 6.45) is 1.77. The van der Waals surface area contributed by atoms with E-state index < -0.39 is 0 Å². The van der Waals surface area contributed by atoms with E-state index >= 15 is 0 Å². The zero-order chi connectivity index (χ0) is 7.98. The lowest BCUT2D eigenvalue weighted by molar-refractivity contribution is -0.119. The molecule has 0 spiro atoms. The van der Waals surface area contributed by atoms with E-state index in [0.29, 0.717) is 12.8 Å². The quantitative estimate of drug-likeness (QED) is 0.597. The van der Waals surface area contributed by atoms with Gasteiger partial charge in [-0.2, -0.15) is 5.26 Å². The molecule has 1 unspecified atom stereocenters. The van der Waals surface area contributed by atoms with Crippen molar-refractivity contribution in [3.05, 3.63) is 0 Å². The summed E-state index contributed by atoms with van der Waals surface area (Å²) in [5, 5.41) is 8.47. The summed E-state index contributed by atoms with van der Waals surface area (Å²) >= 11 is 0. The van der Waals surface area contributed by atoms with E-state index in [1.54, 1.807) is 0 Å². The van der Waals surface area contributed by atoms with Crippen LogP contribution in [0.4, 0.5) is 0 Å². The zero-order valence-electron chi connectivity index (χ0n) is 6.55. The van der Waals surface area contributed by atoms with Gasteiger partial charge in [-0.05, 0) is 6.42 Å². The first kappa shape index (κ1) is 9.16. The SMILES string of the molecule is CCC(=O)CC(C#N)CC. The van der Waals surface area contributed by atoms with E-state index in [1.165, 1.54) is 0 Å². The fraction of sp³-hybridized carbons (Fsp3) is 0.750. The molecule has 0 aromatic rings. The van der Waals surface area contributed by atoms with Crippen molar-refractivity contribution in [2.75, 3.05) is 0 Å². The van der Waals surface area contributed by atoms with Crippen molar-refractivity contribution in [1.82, 2.24) is 0 Å².